The molecule has 0 atom stereocenters. The maximum Gasteiger partial charge on any atom is 0.420 e. The molecule has 2 nitrogen and oxygen atoms in total. The number of rotatable bonds is 2. The monoisotopic (exact) mass is 287 g/mol. The topological polar surface area (TPSA) is 35.2 Å². The fourth-order valence-electron chi connectivity index (χ4n) is 2.59. The van der Waals surface area contributed by atoms with Crippen molar-refractivity contribution in [2.45, 2.75) is 57.2 Å². The fraction of sp³-hybridized carbons (Fsp3) is 0.600. The van der Waals surface area contributed by atoms with E-state index in [1.54, 1.807) is 0 Å². The predicted octanol–water partition coefficient (Wildman–Crippen LogP) is 4.78. The SMILES string of the molecule is Nc1ccc(OC2CCCCCCC2)c(C(F)(F)F)c1. The summed E-state index contributed by atoms with van der Waals surface area (Å²) in [4.78, 5) is 0. The summed E-state index contributed by atoms with van der Waals surface area (Å²) in [6.45, 7) is 0. The van der Waals surface area contributed by atoms with Crippen molar-refractivity contribution in [3.8, 4) is 5.75 Å². The van der Waals surface area contributed by atoms with Crippen LogP contribution in [0.4, 0.5) is 18.9 Å². The van der Waals surface area contributed by atoms with E-state index in [1.165, 1.54) is 18.6 Å². The maximum atomic E-state index is 13.0. The van der Waals surface area contributed by atoms with E-state index in [0.717, 1.165) is 44.6 Å². The Morgan fingerprint density at radius 2 is 1.60 bits per heavy atom. The van der Waals surface area contributed by atoms with Crippen molar-refractivity contribution in [3.05, 3.63) is 23.8 Å². The minimum absolute atomic E-state index is 0.0994. The molecular formula is C15H20F3NO. The van der Waals surface area contributed by atoms with Crippen molar-refractivity contribution in [2.24, 2.45) is 0 Å². The first kappa shape index (κ1) is 15.0. The van der Waals surface area contributed by atoms with Gasteiger partial charge < -0.3 is 10.5 Å². The highest BCUT2D eigenvalue weighted by atomic mass is 19.4. The van der Waals surface area contributed by atoms with Gasteiger partial charge in [0.1, 0.15) is 5.75 Å². The average molecular weight is 287 g/mol. The summed E-state index contributed by atoms with van der Waals surface area (Å²) >= 11 is 0. The Morgan fingerprint density at radius 1 is 1.00 bits per heavy atom. The van der Waals surface area contributed by atoms with Gasteiger partial charge in [0.2, 0.25) is 0 Å². The van der Waals surface area contributed by atoms with Crippen molar-refractivity contribution in [1.29, 1.82) is 0 Å². The van der Waals surface area contributed by atoms with E-state index < -0.39 is 11.7 Å². The van der Waals surface area contributed by atoms with E-state index in [2.05, 4.69) is 0 Å². The van der Waals surface area contributed by atoms with Crippen LogP contribution in [0.2, 0.25) is 0 Å². The first-order valence-corrected chi connectivity index (χ1v) is 7.10. The van der Waals surface area contributed by atoms with Crippen LogP contribution in [0.5, 0.6) is 5.75 Å². The molecule has 1 aliphatic rings. The molecule has 1 aromatic rings. The molecule has 0 aliphatic heterocycles. The second-order valence-corrected chi connectivity index (χ2v) is 5.34. The number of benzene rings is 1. The first-order chi connectivity index (χ1) is 9.47. The highest BCUT2D eigenvalue weighted by molar-refractivity contribution is 5.49. The fourth-order valence-corrected chi connectivity index (χ4v) is 2.59. The molecule has 0 bridgehead atoms. The smallest absolute Gasteiger partial charge is 0.420 e. The van der Waals surface area contributed by atoms with Crippen LogP contribution in [0.25, 0.3) is 0 Å². The Hall–Kier alpha value is -1.39. The van der Waals surface area contributed by atoms with Crippen molar-refractivity contribution in [2.75, 3.05) is 5.73 Å². The molecule has 0 unspecified atom stereocenters. The summed E-state index contributed by atoms with van der Waals surface area (Å²) < 4.78 is 44.6. The Kier molecular flexibility index (Phi) is 4.78. The van der Waals surface area contributed by atoms with Gasteiger partial charge in [-0.25, -0.2) is 0 Å². The summed E-state index contributed by atoms with van der Waals surface area (Å²) in [7, 11) is 0. The molecule has 5 heteroatoms. The third kappa shape index (κ3) is 4.05. The van der Waals surface area contributed by atoms with Gasteiger partial charge >= 0.3 is 6.18 Å². The van der Waals surface area contributed by atoms with Crippen LogP contribution in [0.1, 0.15) is 50.5 Å². The van der Waals surface area contributed by atoms with E-state index in [4.69, 9.17) is 10.5 Å². The van der Waals surface area contributed by atoms with Crippen LogP contribution in [-0.2, 0) is 6.18 Å². The standard InChI is InChI=1S/C15H20F3NO/c16-15(17,18)13-10-11(19)8-9-14(13)20-12-6-4-2-1-3-5-7-12/h8-10,12H,1-7,19H2. The minimum Gasteiger partial charge on any atom is -0.490 e. The van der Waals surface area contributed by atoms with Crippen LogP contribution in [0.3, 0.4) is 0 Å². The third-order valence-corrected chi connectivity index (χ3v) is 3.65. The zero-order chi connectivity index (χ0) is 14.6. The number of hydrogen-bond donors (Lipinski definition) is 1. The summed E-state index contributed by atoms with van der Waals surface area (Å²) in [5.41, 5.74) is 4.77. The Bertz CT molecular complexity index is 437. The summed E-state index contributed by atoms with van der Waals surface area (Å²) in [6, 6.07) is 3.72. The lowest BCUT2D eigenvalue weighted by Crippen LogP contribution is -2.20. The largest absolute Gasteiger partial charge is 0.490 e. The molecule has 0 saturated heterocycles. The molecule has 2 rings (SSSR count). The molecule has 112 valence electrons. The molecule has 0 radical (unpaired) electrons. The molecule has 1 saturated carbocycles. The van der Waals surface area contributed by atoms with Crippen molar-refractivity contribution < 1.29 is 17.9 Å². The predicted molar refractivity (Wildman–Crippen MR) is 72.6 cm³/mol. The number of nitrogen functional groups attached to an aromatic ring is 1. The van der Waals surface area contributed by atoms with Gasteiger partial charge in [-0.05, 0) is 43.9 Å². The first-order valence-electron chi connectivity index (χ1n) is 7.10. The van der Waals surface area contributed by atoms with Gasteiger partial charge in [0.25, 0.3) is 0 Å². The maximum absolute atomic E-state index is 13.0. The van der Waals surface area contributed by atoms with Gasteiger partial charge in [0, 0.05) is 5.69 Å². The molecule has 0 aromatic heterocycles. The van der Waals surface area contributed by atoms with Crippen LogP contribution >= 0.6 is 0 Å². The van der Waals surface area contributed by atoms with E-state index >= 15 is 0 Å². The lowest BCUT2D eigenvalue weighted by molar-refractivity contribution is -0.139. The summed E-state index contributed by atoms with van der Waals surface area (Å²) in [5, 5.41) is 0. The molecule has 1 aliphatic carbocycles. The number of ether oxygens (including phenoxy) is 1. The van der Waals surface area contributed by atoms with Gasteiger partial charge in [0.15, 0.2) is 0 Å². The van der Waals surface area contributed by atoms with Crippen molar-refractivity contribution in [1.82, 2.24) is 0 Å². The van der Waals surface area contributed by atoms with E-state index in [9.17, 15) is 13.2 Å². The van der Waals surface area contributed by atoms with Crippen LogP contribution in [0, 0.1) is 0 Å². The second kappa shape index (κ2) is 6.37. The zero-order valence-electron chi connectivity index (χ0n) is 11.4. The Morgan fingerprint density at radius 3 is 2.20 bits per heavy atom. The molecule has 1 fully saturated rings. The van der Waals surface area contributed by atoms with Crippen molar-refractivity contribution >= 4 is 5.69 Å². The van der Waals surface area contributed by atoms with Crippen LogP contribution in [-0.4, -0.2) is 6.10 Å². The number of alkyl halides is 3. The highest BCUT2D eigenvalue weighted by Gasteiger charge is 2.35. The minimum atomic E-state index is -4.44. The van der Waals surface area contributed by atoms with Gasteiger partial charge in [0.05, 0.1) is 11.7 Å². The second-order valence-electron chi connectivity index (χ2n) is 5.34. The van der Waals surface area contributed by atoms with Gasteiger partial charge in [-0.3, -0.25) is 0 Å². The van der Waals surface area contributed by atoms with E-state index in [-0.39, 0.29) is 17.5 Å². The van der Waals surface area contributed by atoms with Gasteiger partial charge in [-0.15, -0.1) is 0 Å². The average Bonchev–Trinajstić information content (AvgIpc) is 2.33. The zero-order valence-corrected chi connectivity index (χ0v) is 11.4. The molecule has 2 N–H and O–H groups in total. The number of anilines is 1. The lowest BCUT2D eigenvalue weighted by atomic mass is 9.98. The Balaban J connectivity index is 2.15. The molecule has 0 spiro atoms. The molecular weight excluding hydrogens is 267 g/mol. The molecule has 0 heterocycles. The van der Waals surface area contributed by atoms with Gasteiger partial charge in [-0.1, -0.05) is 19.3 Å². The number of nitrogens with two attached hydrogens (primary N) is 1. The van der Waals surface area contributed by atoms with E-state index in [0.29, 0.717) is 0 Å². The normalized spacial score (nSPS) is 18.4. The molecule has 20 heavy (non-hydrogen) atoms. The third-order valence-electron chi connectivity index (χ3n) is 3.65. The number of halogens is 3. The van der Waals surface area contributed by atoms with Gasteiger partial charge in [-0.2, -0.15) is 13.2 Å². The van der Waals surface area contributed by atoms with E-state index in [1.807, 2.05) is 0 Å². The van der Waals surface area contributed by atoms with Crippen LogP contribution < -0.4 is 10.5 Å². The molecule has 1 aromatic carbocycles. The van der Waals surface area contributed by atoms with Crippen LogP contribution in [0.15, 0.2) is 18.2 Å². The summed E-state index contributed by atoms with van der Waals surface area (Å²) in [6.07, 6.45) is 2.58. The quantitative estimate of drug-likeness (QED) is 0.794. The number of hydrogen-bond acceptors (Lipinski definition) is 2. The molecule has 0 amide bonds. The highest BCUT2D eigenvalue weighted by Crippen LogP contribution is 2.38. The summed E-state index contributed by atoms with van der Waals surface area (Å²) in [5.74, 6) is -0.0997. The lowest BCUT2D eigenvalue weighted by Gasteiger charge is -2.23. The van der Waals surface area contributed by atoms with Crippen molar-refractivity contribution in [3.63, 3.8) is 0 Å². The Labute approximate surface area is 117 Å².